The lowest BCUT2D eigenvalue weighted by Gasteiger charge is -2.24. The maximum atomic E-state index is 6.63. The van der Waals surface area contributed by atoms with Crippen molar-refractivity contribution in [1.29, 1.82) is 0 Å². The van der Waals surface area contributed by atoms with Crippen LogP contribution in [0.4, 0.5) is 0 Å². The summed E-state index contributed by atoms with van der Waals surface area (Å²) in [5.41, 5.74) is 14.3. The van der Waals surface area contributed by atoms with E-state index in [1.807, 2.05) is 59.9 Å². The molecule has 1 N–H and O–H groups in total. The molecular weight excluding hydrogens is 877 g/mol. The standard InChI is InChI=1S/C63H38N4O2S/c1-3-14-37(15-4-1)61-64-62(66-63(65-61)47-23-11-21-45-44-19-8-10-25-53(44)69-60(45)47)46-22-12-26-55-58(46)49-34-38(29-32-54(49)68-55)39-30-33-56-50(35-39)59-42(20-13-27-57(59)70-56)40-28-31-52-48(36-40)43-18-7-9-24-51(43)67(52)41-16-5-2-6-17-41/h1-36,61H,(H,64,65,66). The van der Waals surface area contributed by atoms with Gasteiger partial charge >= 0.3 is 0 Å². The van der Waals surface area contributed by atoms with Crippen molar-refractivity contribution in [3.8, 4) is 27.9 Å². The van der Waals surface area contributed by atoms with E-state index < -0.39 is 0 Å². The molecule has 1 aliphatic rings. The molecule has 4 aromatic heterocycles. The highest BCUT2D eigenvalue weighted by molar-refractivity contribution is 7.26. The fourth-order valence-corrected chi connectivity index (χ4v) is 12.0. The average Bonchev–Trinajstić information content (AvgIpc) is 4.20. The van der Waals surface area contributed by atoms with Gasteiger partial charge in [-0.25, -0.2) is 9.98 Å². The molecule has 10 aromatic carbocycles. The predicted molar refractivity (Wildman–Crippen MR) is 291 cm³/mol. The van der Waals surface area contributed by atoms with Crippen molar-refractivity contribution in [1.82, 2.24) is 9.88 Å². The number of rotatable bonds is 6. The first-order valence-electron chi connectivity index (χ1n) is 23.6. The molecule has 15 rings (SSSR count). The van der Waals surface area contributed by atoms with Gasteiger partial charge in [-0.15, -0.1) is 11.3 Å². The molecular formula is C63H38N4O2S. The molecule has 0 saturated carbocycles. The number of nitrogens with one attached hydrogen (secondary N) is 1. The van der Waals surface area contributed by atoms with Gasteiger partial charge in [0.2, 0.25) is 0 Å². The van der Waals surface area contributed by atoms with E-state index >= 15 is 0 Å². The lowest BCUT2D eigenvalue weighted by molar-refractivity contribution is 0.662. The fourth-order valence-electron chi connectivity index (χ4n) is 10.9. The van der Waals surface area contributed by atoms with Crippen molar-refractivity contribution < 1.29 is 8.83 Å². The number of nitrogens with zero attached hydrogens (tertiary/aromatic N) is 3. The Labute approximate surface area is 404 Å². The second kappa shape index (κ2) is 15.2. The van der Waals surface area contributed by atoms with Crippen molar-refractivity contribution in [2.24, 2.45) is 9.98 Å². The minimum absolute atomic E-state index is 0.388. The summed E-state index contributed by atoms with van der Waals surface area (Å²) >= 11 is 1.85. The summed E-state index contributed by atoms with van der Waals surface area (Å²) in [5, 5.41) is 12.8. The van der Waals surface area contributed by atoms with Gasteiger partial charge < -0.3 is 18.7 Å². The van der Waals surface area contributed by atoms with Gasteiger partial charge in [0.25, 0.3) is 0 Å². The molecule has 0 aliphatic carbocycles. The molecule has 0 amide bonds. The second-order valence-electron chi connectivity index (χ2n) is 18.1. The van der Waals surface area contributed by atoms with E-state index in [0.717, 1.165) is 77.4 Å². The van der Waals surface area contributed by atoms with E-state index in [1.54, 1.807) is 0 Å². The Balaban J connectivity index is 0.865. The van der Waals surface area contributed by atoms with Crippen molar-refractivity contribution >= 4 is 109 Å². The molecule has 70 heavy (non-hydrogen) atoms. The highest BCUT2D eigenvalue weighted by Crippen LogP contribution is 2.44. The molecule has 0 bridgehead atoms. The minimum Gasteiger partial charge on any atom is -0.456 e. The van der Waals surface area contributed by atoms with Gasteiger partial charge in [0.05, 0.1) is 16.6 Å². The molecule has 0 spiro atoms. The van der Waals surface area contributed by atoms with E-state index in [1.165, 1.54) is 53.1 Å². The number of amidine groups is 2. The van der Waals surface area contributed by atoms with E-state index in [0.29, 0.717) is 11.7 Å². The average molecular weight is 915 g/mol. The molecule has 1 unspecified atom stereocenters. The summed E-state index contributed by atoms with van der Waals surface area (Å²) in [7, 11) is 0. The van der Waals surface area contributed by atoms with Gasteiger partial charge in [-0.2, -0.15) is 0 Å². The zero-order chi connectivity index (χ0) is 45.9. The largest absolute Gasteiger partial charge is 0.456 e. The first-order valence-corrected chi connectivity index (χ1v) is 24.4. The van der Waals surface area contributed by atoms with Gasteiger partial charge in [0, 0.05) is 63.7 Å². The van der Waals surface area contributed by atoms with Gasteiger partial charge in [0.1, 0.15) is 34.3 Å². The van der Waals surface area contributed by atoms with E-state index in [9.17, 15) is 0 Å². The fraction of sp³-hybridized carbons (Fsp3) is 0.0159. The number of furan rings is 2. The van der Waals surface area contributed by atoms with Crippen LogP contribution in [-0.2, 0) is 0 Å². The number of hydrogen-bond acceptors (Lipinski definition) is 6. The summed E-state index contributed by atoms with van der Waals surface area (Å²) in [6.45, 7) is 0. The number of aliphatic imine (C=N–C) groups is 2. The van der Waals surface area contributed by atoms with Crippen LogP contribution in [0.5, 0.6) is 0 Å². The highest BCUT2D eigenvalue weighted by atomic mass is 32.1. The molecule has 14 aromatic rings. The molecule has 6 nitrogen and oxygen atoms in total. The SMILES string of the molecule is c1ccc(C2N=C(c3cccc4c3oc3ccccc34)N=C(c3cccc4oc5ccc(-c6ccc7sc8cccc(-c9ccc%10c(c9)c9ccccc9n%10-c9ccccc9)c8c7c6)cc5c34)N2)cc1. The Morgan fingerprint density at radius 2 is 1.09 bits per heavy atom. The third-order valence-corrected chi connectivity index (χ3v) is 15.2. The van der Waals surface area contributed by atoms with Crippen LogP contribution in [0.2, 0.25) is 0 Å². The summed E-state index contributed by atoms with van der Waals surface area (Å²) < 4.78 is 18.1. The van der Waals surface area contributed by atoms with Crippen LogP contribution in [-0.4, -0.2) is 16.2 Å². The highest BCUT2D eigenvalue weighted by Gasteiger charge is 2.26. The topological polar surface area (TPSA) is 68.0 Å². The number of thiophene rings is 1. The van der Waals surface area contributed by atoms with E-state index in [2.05, 4.69) is 180 Å². The summed E-state index contributed by atoms with van der Waals surface area (Å²) in [6, 6.07) is 77.5. The number of hydrogen-bond donors (Lipinski definition) is 1. The maximum Gasteiger partial charge on any atom is 0.163 e. The minimum atomic E-state index is -0.388. The molecule has 1 aliphatic heterocycles. The Kier molecular flexibility index (Phi) is 8.49. The van der Waals surface area contributed by atoms with Gasteiger partial charge in [-0.3, -0.25) is 0 Å². The Morgan fingerprint density at radius 1 is 0.429 bits per heavy atom. The Morgan fingerprint density at radius 3 is 1.99 bits per heavy atom. The number of aromatic nitrogens is 1. The number of benzene rings is 10. The predicted octanol–water partition coefficient (Wildman–Crippen LogP) is 16.8. The Hall–Kier alpha value is -9.04. The molecule has 1 atom stereocenters. The molecule has 5 heterocycles. The zero-order valence-electron chi connectivity index (χ0n) is 37.4. The van der Waals surface area contributed by atoms with Gasteiger partial charge in [-0.05, 0) is 107 Å². The van der Waals surface area contributed by atoms with Crippen LogP contribution in [0.3, 0.4) is 0 Å². The first kappa shape index (κ1) is 39.0. The van der Waals surface area contributed by atoms with Gasteiger partial charge in [0.15, 0.2) is 5.84 Å². The summed E-state index contributed by atoms with van der Waals surface area (Å²) in [6.07, 6.45) is -0.388. The van der Waals surface area contributed by atoms with Crippen LogP contribution >= 0.6 is 11.3 Å². The normalized spacial score (nSPS) is 14.1. The van der Waals surface area contributed by atoms with Crippen LogP contribution < -0.4 is 5.32 Å². The van der Waals surface area contributed by atoms with Crippen LogP contribution in [0.1, 0.15) is 22.9 Å². The molecule has 7 heteroatoms. The molecule has 0 radical (unpaired) electrons. The zero-order valence-corrected chi connectivity index (χ0v) is 38.2. The van der Waals surface area contributed by atoms with Crippen molar-refractivity contribution in [3.05, 3.63) is 235 Å². The van der Waals surface area contributed by atoms with Crippen molar-refractivity contribution in [3.63, 3.8) is 0 Å². The molecule has 0 saturated heterocycles. The maximum absolute atomic E-state index is 6.63. The first-order chi connectivity index (χ1) is 34.7. The van der Waals surface area contributed by atoms with E-state index in [-0.39, 0.29) is 6.17 Å². The van der Waals surface area contributed by atoms with Crippen molar-refractivity contribution in [2.45, 2.75) is 6.17 Å². The third kappa shape index (κ3) is 5.98. The monoisotopic (exact) mass is 914 g/mol. The molecule has 328 valence electrons. The van der Waals surface area contributed by atoms with Crippen LogP contribution in [0.25, 0.3) is 114 Å². The lowest BCUT2D eigenvalue weighted by Crippen LogP contribution is -2.33. The smallest absolute Gasteiger partial charge is 0.163 e. The summed E-state index contributed by atoms with van der Waals surface area (Å²) in [5.74, 6) is 1.32. The number of fused-ring (bicyclic) bond motifs is 12. The number of para-hydroxylation sites is 4. The molecule has 0 fully saturated rings. The third-order valence-electron chi connectivity index (χ3n) is 14.1. The lowest BCUT2D eigenvalue weighted by atomic mass is 9.95. The quantitative estimate of drug-likeness (QED) is 0.181. The van der Waals surface area contributed by atoms with E-state index in [4.69, 9.17) is 18.8 Å². The summed E-state index contributed by atoms with van der Waals surface area (Å²) in [4.78, 5) is 10.6. The van der Waals surface area contributed by atoms with Crippen LogP contribution in [0, 0.1) is 0 Å². The van der Waals surface area contributed by atoms with Crippen molar-refractivity contribution in [2.75, 3.05) is 0 Å². The Bertz CT molecular complexity index is 4520. The van der Waals surface area contributed by atoms with Crippen LogP contribution in [0.15, 0.2) is 237 Å². The second-order valence-corrected chi connectivity index (χ2v) is 19.1. The van der Waals surface area contributed by atoms with Gasteiger partial charge in [-0.1, -0.05) is 140 Å².